The molecule has 0 aliphatic rings. The van der Waals surface area contributed by atoms with Crippen molar-refractivity contribution in [3.8, 4) is 11.1 Å². The van der Waals surface area contributed by atoms with Crippen molar-refractivity contribution in [2.75, 3.05) is 0 Å². The number of alkyl halides is 1. The predicted octanol–water partition coefficient (Wildman–Crippen LogP) is 17.7. The smallest absolute Gasteiger partial charge is 0.428 e. The molecule has 5 aromatic carbocycles. The molecular weight excluding hydrogens is 1150 g/mol. The Morgan fingerprint density at radius 3 is 1.16 bits per heavy atom. The lowest BCUT2D eigenvalue weighted by molar-refractivity contribution is 0.200. The third-order valence-corrected chi connectivity index (χ3v) is 11.8. The number of nitrogens with zero attached hydrogens (tertiary/aromatic N) is 6. The fourth-order valence-corrected chi connectivity index (χ4v) is 7.90. The first-order valence-corrected chi connectivity index (χ1v) is 29.0. The molecule has 77 heavy (non-hydrogen) atoms. The topological polar surface area (TPSA) is 114 Å². The maximum absolute atomic E-state index is 9.19. The molecular formula is C64H76BBr3N6O3. The third kappa shape index (κ3) is 22.9. The predicted molar refractivity (Wildman–Crippen MR) is 340 cm³/mol. The van der Waals surface area contributed by atoms with E-state index in [0.717, 1.165) is 59.7 Å². The molecule has 11 rings (SSSR count). The fourth-order valence-electron chi connectivity index (χ4n) is 6.89. The highest BCUT2D eigenvalue weighted by Crippen LogP contribution is 2.24. The molecule has 0 radical (unpaired) electrons. The quantitative estimate of drug-likeness (QED) is 0.0832. The van der Waals surface area contributed by atoms with Crippen molar-refractivity contribution in [3.05, 3.63) is 251 Å². The molecule has 11 aromatic rings. The Hall–Kier alpha value is -6.61. The largest absolute Gasteiger partial charge is 0.488 e. The zero-order valence-corrected chi connectivity index (χ0v) is 51.0. The lowest BCUT2D eigenvalue weighted by Gasteiger charge is -2.07. The van der Waals surface area contributed by atoms with Gasteiger partial charge >= 0.3 is 7.12 Å². The molecule has 9 nitrogen and oxygen atoms in total. The summed E-state index contributed by atoms with van der Waals surface area (Å²) in [6.07, 6.45) is 11.2. The summed E-state index contributed by atoms with van der Waals surface area (Å²) < 4.78 is 7.39. The van der Waals surface area contributed by atoms with E-state index in [1.165, 1.54) is 27.8 Å². The minimum Gasteiger partial charge on any atom is -0.428 e. The Morgan fingerprint density at radius 1 is 0.403 bits per heavy atom. The molecule has 0 saturated heterocycles. The first kappa shape index (κ1) is 66.5. The van der Waals surface area contributed by atoms with Crippen LogP contribution < -0.4 is 5.46 Å². The first-order valence-electron chi connectivity index (χ1n) is 26.3. The summed E-state index contributed by atoms with van der Waals surface area (Å²) in [5.74, 6) is 0. The molecule has 0 atom stereocenters. The second kappa shape index (κ2) is 39.7. The van der Waals surface area contributed by atoms with Crippen LogP contribution >= 0.6 is 47.8 Å². The zero-order valence-electron chi connectivity index (χ0n) is 46.2. The van der Waals surface area contributed by atoms with E-state index < -0.39 is 7.12 Å². The van der Waals surface area contributed by atoms with Gasteiger partial charge in [-0.2, -0.15) is 4.73 Å². The van der Waals surface area contributed by atoms with Gasteiger partial charge < -0.3 is 24.4 Å². The molecule has 0 aliphatic heterocycles. The molecule has 0 fully saturated rings. The van der Waals surface area contributed by atoms with E-state index in [1.807, 2.05) is 136 Å². The Bertz CT molecular complexity index is 3200. The van der Waals surface area contributed by atoms with E-state index in [-0.39, 0.29) is 0 Å². The molecule has 0 spiro atoms. The van der Waals surface area contributed by atoms with Crippen LogP contribution in [0.1, 0.15) is 85.9 Å². The third-order valence-electron chi connectivity index (χ3n) is 10.3. The second-order valence-corrected chi connectivity index (χ2v) is 17.4. The van der Waals surface area contributed by atoms with Crippen LogP contribution in [-0.2, 0) is 18.4 Å². The van der Waals surface area contributed by atoms with Gasteiger partial charge in [0, 0.05) is 70.1 Å². The summed E-state index contributed by atoms with van der Waals surface area (Å²) in [5, 5.41) is 27.3. The van der Waals surface area contributed by atoms with Crippen molar-refractivity contribution in [3.63, 3.8) is 0 Å². The van der Waals surface area contributed by atoms with E-state index in [9.17, 15) is 5.21 Å². The minimum absolute atomic E-state index is 0.525. The SMILES string of the molecule is BrCc1ccccc1.Brc1cnc2ccn(Cc3ccccc3)c2c1.CC.CC.CC.CC.CC.OB(O)c1ccccc1.On1ccc2ncc(Br)cc21.c1ccc(Cn2ccc3ncc(-c4ccccc4)cc32)cc1. The highest BCUT2D eigenvalue weighted by Gasteiger charge is 2.08. The van der Waals surface area contributed by atoms with Crippen LogP contribution in [0.25, 0.3) is 44.2 Å². The van der Waals surface area contributed by atoms with Gasteiger partial charge in [-0.05, 0) is 96.0 Å². The lowest BCUT2D eigenvalue weighted by Crippen LogP contribution is -2.29. The summed E-state index contributed by atoms with van der Waals surface area (Å²) in [6.45, 7) is 21.7. The standard InChI is InChI=1S/C20H16N2.C14H11BrN2.C7H5BrN2O.C7H7Br.C6H7BO2.5C2H6/c1-3-7-16(8-4-1)15-22-12-11-19-20(22)13-18(14-21-19)17-9-5-2-6-10-17;15-12-8-14-13(16-9-12)6-7-17(14)10-11-4-2-1-3-5-11;8-5-3-7-6(9-4-5)1-2-10(7)11;8-6-7-4-2-1-3-5-7;8-7(9)6-4-2-1-3-5-6;5*1-2/h1-14H,15H2;1-9H,10H2;1-4,11H;1-5H,6H2;1-5,8-9H;5*1-2H3. The average Bonchev–Trinajstić information content (AvgIpc) is 4.23. The maximum Gasteiger partial charge on any atom is 0.488 e. The molecule has 3 N–H and O–H groups in total. The molecule has 6 heterocycles. The van der Waals surface area contributed by atoms with Crippen molar-refractivity contribution in [2.24, 2.45) is 0 Å². The van der Waals surface area contributed by atoms with Crippen LogP contribution in [0, 0.1) is 0 Å². The number of hydrogen-bond donors (Lipinski definition) is 3. The number of halogens is 3. The highest BCUT2D eigenvalue weighted by atomic mass is 79.9. The number of benzene rings is 5. The molecule has 6 aromatic heterocycles. The van der Waals surface area contributed by atoms with E-state index in [0.29, 0.717) is 11.0 Å². The van der Waals surface area contributed by atoms with Gasteiger partial charge in [-0.15, -0.1) is 0 Å². The molecule has 0 amide bonds. The Balaban J connectivity index is 0.000000330. The van der Waals surface area contributed by atoms with Gasteiger partial charge in [-0.25, -0.2) is 0 Å². The number of aromatic nitrogens is 6. The van der Waals surface area contributed by atoms with Crippen molar-refractivity contribution < 1.29 is 15.3 Å². The monoisotopic (exact) mass is 1220 g/mol. The van der Waals surface area contributed by atoms with Crippen LogP contribution in [0.4, 0.5) is 0 Å². The molecule has 0 saturated carbocycles. The Kier molecular flexibility index (Phi) is 34.3. The summed E-state index contributed by atoms with van der Waals surface area (Å²) in [4.78, 5) is 13.0. The van der Waals surface area contributed by atoms with Gasteiger partial charge in [0.1, 0.15) is 5.52 Å². The van der Waals surface area contributed by atoms with E-state index >= 15 is 0 Å². The van der Waals surface area contributed by atoms with Gasteiger partial charge in [0.05, 0.1) is 27.6 Å². The van der Waals surface area contributed by atoms with E-state index in [4.69, 9.17) is 10.0 Å². The Morgan fingerprint density at radius 2 is 0.753 bits per heavy atom. The van der Waals surface area contributed by atoms with Crippen molar-refractivity contribution in [1.82, 2.24) is 28.8 Å². The highest BCUT2D eigenvalue weighted by molar-refractivity contribution is 9.10. The van der Waals surface area contributed by atoms with Crippen LogP contribution in [0.5, 0.6) is 0 Å². The molecule has 0 unspecified atom stereocenters. The molecule has 404 valence electrons. The summed E-state index contributed by atoms with van der Waals surface area (Å²) >= 11 is 10.1. The van der Waals surface area contributed by atoms with Gasteiger partial charge in [0.2, 0.25) is 0 Å². The van der Waals surface area contributed by atoms with Gasteiger partial charge in [0.25, 0.3) is 0 Å². The number of rotatable bonds is 7. The number of hydrogen-bond acceptors (Lipinski definition) is 6. The van der Waals surface area contributed by atoms with Gasteiger partial charge in [-0.1, -0.05) is 237 Å². The summed E-state index contributed by atoms with van der Waals surface area (Å²) in [6, 6.07) is 62.3. The second-order valence-electron chi connectivity index (χ2n) is 15.0. The Labute approximate surface area is 483 Å². The average molecular weight is 1230 g/mol. The van der Waals surface area contributed by atoms with Gasteiger partial charge in [0.15, 0.2) is 0 Å². The van der Waals surface area contributed by atoms with Crippen molar-refractivity contribution >= 4 is 93.5 Å². The molecule has 0 aliphatic carbocycles. The maximum atomic E-state index is 9.19. The van der Waals surface area contributed by atoms with Crippen molar-refractivity contribution in [2.45, 2.75) is 87.7 Å². The first-order chi connectivity index (χ1) is 37.7. The minimum atomic E-state index is -1.34. The zero-order chi connectivity index (χ0) is 56.8. The number of pyridine rings is 3. The van der Waals surface area contributed by atoms with Crippen LogP contribution in [-0.4, -0.2) is 51.2 Å². The van der Waals surface area contributed by atoms with Crippen molar-refractivity contribution in [1.29, 1.82) is 0 Å². The fraction of sp³-hybridized carbons (Fsp3) is 0.203. The number of fused-ring (bicyclic) bond motifs is 3. The van der Waals surface area contributed by atoms with Crippen LogP contribution in [0.3, 0.4) is 0 Å². The molecule has 0 bridgehead atoms. The van der Waals surface area contributed by atoms with E-state index in [2.05, 4.69) is 187 Å². The summed E-state index contributed by atoms with van der Waals surface area (Å²) in [7, 11) is -1.34. The van der Waals surface area contributed by atoms with Gasteiger partial charge in [-0.3, -0.25) is 15.0 Å². The summed E-state index contributed by atoms with van der Waals surface area (Å²) in [5.41, 5.74) is 12.7. The molecule has 13 heteroatoms. The van der Waals surface area contributed by atoms with Crippen LogP contribution in [0.2, 0.25) is 0 Å². The van der Waals surface area contributed by atoms with E-state index in [1.54, 1.807) is 42.7 Å². The van der Waals surface area contributed by atoms with Crippen LogP contribution in [0.15, 0.2) is 234 Å². The lowest BCUT2D eigenvalue weighted by atomic mass is 9.81. The normalized spacial score (nSPS) is 9.44.